The summed E-state index contributed by atoms with van der Waals surface area (Å²) < 4.78 is 5.86. The number of ether oxygens (including phenoxy) is 1. The third-order valence-electron chi connectivity index (χ3n) is 3.93. The molecule has 2 aromatic rings. The number of hydrogen-bond donors (Lipinski definition) is 0. The Labute approximate surface area is 135 Å². The van der Waals surface area contributed by atoms with Crippen LogP contribution in [0.1, 0.15) is 30.5 Å². The number of rotatable bonds is 2. The summed E-state index contributed by atoms with van der Waals surface area (Å²) in [6, 6.07) is 15.3. The molecule has 0 unspecified atom stereocenters. The number of benzene rings is 2. The smallest absolute Gasteiger partial charge is 0.271 e. The summed E-state index contributed by atoms with van der Waals surface area (Å²) in [5, 5.41) is 9.05. The molecule has 3 rings (SSSR count). The van der Waals surface area contributed by atoms with Gasteiger partial charge >= 0.3 is 0 Å². The molecule has 0 aliphatic carbocycles. The SMILES string of the molecule is Cc1ccc2c(c1)N(Cc1cccc(C#N)c1)C(=O)C(C)(C)O2. The van der Waals surface area contributed by atoms with E-state index in [1.807, 2.05) is 43.3 Å². The van der Waals surface area contributed by atoms with Crippen LogP contribution in [0.5, 0.6) is 5.75 Å². The number of nitriles is 1. The number of amides is 1. The second-order valence-electron chi connectivity index (χ2n) is 6.29. The van der Waals surface area contributed by atoms with E-state index in [2.05, 4.69) is 6.07 Å². The van der Waals surface area contributed by atoms with Gasteiger partial charge in [-0.3, -0.25) is 4.79 Å². The standard InChI is InChI=1S/C19H18N2O2/c1-13-7-8-17-16(9-13)21(18(22)19(2,3)23-17)12-15-6-4-5-14(10-15)11-20/h4-10H,12H2,1-3H3. The van der Waals surface area contributed by atoms with Gasteiger partial charge in [-0.1, -0.05) is 18.2 Å². The van der Waals surface area contributed by atoms with Crippen LogP contribution >= 0.6 is 0 Å². The molecule has 23 heavy (non-hydrogen) atoms. The van der Waals surface area contributed by atoms with E-state index in [0.717, 1.165) is 16.8 Å². The first kappa shape index (κ1) is 15.1. The highest BCUT2D eigenvalue weighted by molar-refractivity contribution is 6.02. The van der Waals surface area contributed by atoms with E-state index in [0.29, 0.717) is 17.9 Å². The first-order valence-electron chi connectivity index (χ1n) is 7.51. The van der Waals surface area contributed by atoms with E-state index in [1.165, 1.54) is 0 Å². The van der Waals surface area contributed by atoms with Crippen LogP contribution in [0.25, 0.3) is 0 Å². The van der Waals surface area contributed by atoms with Gasteiger partial charge in [-0.2, -0.15) is 5.26 Å². The van der Waals surface area contributed by atoms with E-state index < -0.39 is 5.60 Å². The maximum Gasteiger partial charge on any atom is 0.271 e. The monoisotopic (exact) mass is 306 g/mol. The molecule has 1 heterocycles. The Kier molecular flexibility index (Phi) is 3.57. The minimum atomic E-state index is -0.908. The molecule has 0 saturated carbocycles. The molecule has 0 bridgehead atoms. The Balaban J connectivity index is 2.04. The Morgan fingerprint density at radius 1 is 1.22 bits per heavy atom. The van der Waals surface area contributed by atoms with Crippen LogP contribution in [0, 0.1) is 18.3 Å². The fraction of sp³-hybridized carbons (Fsp3) is 0.263. The van der Waals surface area contributed by atoms with Crippen molar-refractivity contribution in [2.45, 2.75) is 32.9 Å². The lowest BCUT2D eigenvalue weighted by Crippen LogP contribution is -2.52. The molecule has 116 valence electrons. The molecule has 4 nitrogen and oxygen atoms in total. The van der Waals surface area contributed by atoms with Crippen molar-refractivity contribution < 1.29 is 9.53 Å². The second kappa shape index (κ2) is 5.44. The lowest BCUT2D eigenvalue weighted by molar-refractivity contribution is -0.132. The summed E-state index contributed by atoms with van der Waals surface area (Å²) in [5.41, 5.74) is 2.44. The van der Waals surface area contributed by atoms with Gasteiger partial charge in [0.05, 0.1) is 23.9 Å². The molecular weight excluding hydrogens is 288 g/mol. The molecule has 1 amide bonds. The summed E-state index contributed by atoms with van der Waals surface area (Å²) in [6.45, 7) is 5.95. The molecule has 0 aromatic heterocycles. The molecule has 0 saturated heterocycles. The second-order valence-corrected chi connectivity index (χ2v) is 6.29. The van der Waals surface area contributed by atoms with Crippen LogP contribution in [-0.4, -0.2) is 11.5 Å². The first-order chi connectivity index (χ1) is 10.9. The Morgan fingerprint density at radius 3 is 2.74 bits per heavy atom. The number of hydrogen-bond acceptors (Lipinski definition) is 3. The van der Waals surface area contributed by atoms with Gasteiger partial charge in [-0.15, -0.1) is 0 Å². The summed E-state index contributed by atoms with van der Waals surface area (Å²) in [4.78, 5) is 14.6. The van der Waals surface area contributed by atoms with Crippen molar-refractivity contribution in [3.63, 3.8) is 0 Å². The van der Waals surface area contributed by atoms with Crippen molar-refractivity contribution >= 4 is 11.6 Å². The van der Waals surface area contributed by atoms with Crippen LogP contribution in [0.3, 0.4) is 0 Å². The quantitative estimate of drug-likeness (QED) is 0.852. The van der Waals surface area contributed by atoms with Crippen LogP contribution in [0.4, 0.5) is 5.69 Å². The average molecular weight is 306 g/mol. The lowest BCUT2D eigenvalue weighted by Gasteiger charge is -2.39. The maximum atomic E-state index is 12.8. The fourth-order valence-electron chi connectivity index (χ4n) is 2.76. The highest BCUT2D eigenvalue weighted by Gasteiger charge is 2.40. The van der Waals surface area contributed by atoms with Crippen molar-refractivity contribution in [2.75, 3.05) is 4.90 Å². The van der Waals surface area contributed by atoms with Crippen molar-refractivity contribution in [1.82, 2.24) is 0 Å². The van der Waals surface area contributed by atoms with Gasteiger partial charge in [0, 0.05) is 0 Å². The Hall–Kier alpha value is -2.80. The average Bonchev–Trinajstić information content (AvgIpc) is 2.53. The van der Waals surface area contributed by atoms with Gasteiger partial charge in [0.2, 0.25) is 0 Å². The van der Waals surface area contributed by atoms with Gasteiger partial charge in [0.1, 0.15) is 5.75 Å². The number of aryl methyl sites for hydroxylation is 1. The van der Waals surface area contributed by atoms with Crippen LogP contribution in [0.15, 0.2) is 42.5 Å². The molecule has 0 radical (unpaired) electrons. The topological polar surface area (TPSA) is 53.3 Å². The molecule has 0 spiro atoms. The van der Waals surface area contributed by atoms with Crippen molar-refractivity contribution in [2.24, 2.45) is 0 Å². The molecule has 0 fully saturated rings. The van der Waals surface area contributed by atoms with Gasteiger partial charge < -0.3 is 9.64 Å². The van der Waals surface area contributed by atoms with E-state index >= 15 is 0 Å². The summed E-state index contributed by atoms with van der Waals surface area (Å²) in [6.07, 6.45) is 0. The lowest BCUT2D eigenvalue weighted by atomic mass is 10.0. The molecule has 2 aromatic carbocycles. The zero-order valence-corrected chi connectivity index (χ0v) is 13.5. The van der Waals surface area contributed by atoms with Gasteiger partial charge in [0.25, 0.3) is 5.91 Å². The predicted octanol–water partition coefficient (Wildman–Crippen LogP) is 3.57. The van der Waals surface area contributed by atoms with Gasteiger partial charge in [-0.25, -0.2) is 0 Å². The van der Waals surface area contributed by atoms with Crippen molar-refractivity contribution in [1.29, 1.82) is 5.26 Å². The highest BCUT2D eigenvalue weighted by atomic mass is 16.5. The van der Waals surface area contributed by atoms with Crippen LogP contribution in [-0.2, 0) is 11.3 Å². The van der Waals surface area contributed by atoms with Crippen LogP contribution < -0.4 is 9.64 Å². The first-order valence-corrected chi connectivity index (χ1v) is 7.51. The predicted molar refractivity (Wildman–Crippen MR) is 88.2 cm³/mol. The summed E-state index contributed by atoms with van der Waals surface area (Å²) >= 11 is 0. The van der Waals surface area contributed by atoms with E-state index in [9.17, 15) is 4.79 Å². The Morgan fingerprint density at radius 2 is 2.00 bits per heavy atom. The third kappa shape index (κ3) is 2.78. The van der Waals surface area contributed by atoms with Crippen molar-refractivity contribution in [3.05, 3.63) is 59.2 Å². The molecule has 1 aliphatic rings. The maximum absolute atomic E-state index is 12.8. The summed E-state index contributed by atoms with van der Waals surface area (Å²) in [5.74, 6) is 0.620. The van der Waals surface area contributed by atoms with Gasteiger partial charge in [-0.05, 0) is 56.2 Å². The minimum Gasteiger partial charge on any atom is -0.476 e. The molecule has 4 heteroatoms. The Bertz CT molecular complexity index is 818. The van der Waals surface area contributed by atoms with E-state index in [-0.39, 0.29) is 5.91 Å². The van der Waals surface area contributed by atoms with Crippen molar-refractivity contribution in [3.8, 4) is 11.8 Å². The normalized spacial score (nSPS) is 15.6. The number of anilines is 1. The van der Waals surface area contributed by atoms with E-state index in [4.69, 9.17) is 10.00 Å². The minimum absolute atomic E-state index is 0.0852. The van der Waals surface area contributed by atoms with Gasteiger partial charge in [0.15, 0.2) is 5.60 Å². The number of nitrogens with zero attached hydrogens (tertiary/aromatic N) is 2. The molecule has 0 N–H and O–H groups in total. The highest BCUT2D eigenvalue weighted by Crippen LogP contribution is 2.39. The zero-order chi connectivity index (χ0) is 16.6. The number of carbonyl (C=O) groups excluding carboxylic acids is 1. The van der Waals surface area contributed by atoms with E-state index in [1.54, 1.807) is 24.8 Å². The fourth-order valence-corrected chi connectivity index (χ4v) is 2.76. The number of fused-ring (bicyclic) bond motifs is 1. The third-order valence-corrected chi connectivity index (χ3v) is 3.93. The molecule has 0 atom stereocenters. The van der Waals surface area contributed by atoms with Crippen LogP contribution in [0.2, 0.25) is 0 Å². The summed E-state index contributed by atoms with van der Waals surface area (Å²) in [7, 11) is 0. The number of carbonyl (C=O) groups is 1. The zero-order valence-electron chi connectivity index (χ0n) is 13.5. The molecule has 1 aliphatic heterocycles. The largest absolute Gasteiger partial charge is 0.476 e. The molecular formula is C19H18N2O2.